The van der Waals surface area contributed by atoms with Crippen LogP contribution in [0.15, 0.2) is 53.7 Å². The van der Waals surface area contributed by atoms with Crippen LogP contribution in [0.2, 0.25) is 0 Å². The Morgan fingerprint density at radius 3 is 3.00 bits per heavy atom. The molecule has 2 atom stereocenters. The maximum atomic E-state index is 12.0. The quantitative estimate of drug-likeness (QED) is 0.661. The summed E-state index contributed by atoms with van der Waals surface area (Å²) in [6.45, 7) is 0. The predicted molar refractivity (Wildman–Crippen MR) is 66.2 cm³/mol. The molecule has 0 N–H and O–H groups in total. The molecule has 3 aliphatic heterocycles. The van der Waals surface area contributed by atoms with Crippen molar-refractivity contribution in [2.24, 2.45) is 4.99 Å². The second kappa shape index (κ2) is 2.94. The largest absolute Gasteiger partial charge is 0.299 e. The van der Waals surface area contributed by atoms with Crippen LogP contribution in [0, 0.1) is 0 Å². The lowest BCUT2D eigenvalue weighted by atomic mass is 9.89. The van der Waals surface area contributed by atoms with E-state index in [0.717, 1.165) is 11.4 Å². The number of amides is 1. The summed E-state index contributed by atoms with van der Waals surface area (Å²) in [5.41, 5.74) is 3.22. The van der Waals surface area contributed by atoms with Crippen molar-refractivity contribution in [3.05, 3.63) is 54.3 Å². The first kappa shape index (κ1) is 8.93. The molecule has 0 aromatic heterocycles. The van der Waals surface area contributed by atoms with Gasteiger partial charge < -0.3 is 0 Å². The first-order valence-corrected chi connectivity index (χ1v) is 5.71. The van der Waals surface area contributed by atoms with Gasteiger partial charge in [0.2, 0.25) is 0 Å². The van der Waals surface area contributed by atoms with Crippen molar-refractivity contribution in [1.29, 1.82) is 0 Å². The maximum absolute atomic E-state index is 12.0. The summed E-state index contributed by atoms with van der Waals surface area (Å²) in [6, 6.07) is 8.17. The summed E-state index contributed by atoms with van der Waals surface area (Å²) in [6.07, 6.45) is 7.37. The lowest BCUT2D eigenvalue weighted by Crippen LogP contribution is -2.46. The summed E-state index contributed by atoms with van der Waals surface area (Å²) >= 11 is 0. The average Bonchev–Trinajstić information content (AvgIpc) is 2.71. The number of aliphatic imine (C=N–C) groups is 1. The minimum absolute atomic E-state index is 0.0548. The van der Waals surface area contributed by atoms with Gasteiger partial charge in [0.1, 0.15) is 0 Å². The van der Waals surface area contributed by atoms with Gasteiger partial charge in [0.15, 0.2) is 0 Å². The minimum atomic E-state index is 0.0548. The summed E-state index contributed by atoms with van der Waals surface area (Å²) < 4.78 is 0. The van der Waals surface area contributed by atoms with E-state index in [2.05, 4.69) is 17.1 Å². The zero-order chi connectivity index (χ0) is 11.4. The SMILES string of the molecule is O=C1C=CC2=NC=CC3c4ccccc4N1C23. The van der Waals surface area contributed by atoms with E-state index in [-0.39, 0.29) is 17.9 Å². The fourth-order valence-electron chi connectivity index (χ4n) is 2.93. The smallest absolute Gasteiger partial charge is 0.251 e. The Labute approximate surface area is 98.8 Å². The van der Waals surface area contributed by atoms with E-state index in [1.807, 2.05) is 35.4 Å². The van der Waals surface area contributed by atoms with Crippen molar-refractivity contribution in [1.82, 2.24) is 0 Å². The zero-order valence-corrected chi connectivity index (χ0v) is 9.08. The summed E-state index contributed by atoms with van der Waals surface area (Å²) in [4.78, 5) is 18.3. The van der Waals surface area contributed by atoms with E-state index in [1.165, 1.54) is 5.56 Å². The number of nitrogens with zero attached hydrogens (tertiary/aromatic N) is 2. The van der Waals surface area contributed by atoms with Gasteiger partial charge in [0, 0.05) is 23.9 Å². The molecule has 3 nitrogen and oxygen atoms in total. The standard InChI is InChI=1S/C14H10N2O/c17-13-6-5-11-14-10(7-8-15-11)9-3-1-2-4-12(9)16(13)14/h1-8,10,14H. The molecule has 3 heterocycles. The molecule has 4 rings (SSSR count). The molecule has 0 saturated carbocycles. The van der Waals surface area contributed by atoms with Crippen molar-refractivity contribution < 1.29 is 4.79 Å². The molecule has 3 heteroatoms. The minimum Gasteiger partial charge on any atom is -0.299 e. The van der Waals surface area contributed by atoms with Crippen LogP contribution < -0.4 is 4.90 Å². The number of anilines is 1. The fourth-order valence-corrected chi connectivity index (χ4v) is 2.93. The van der Waals surface area contributed by atoms with Crippen LogP contribution in [0.5, 0.6) is 0 Å². The van der Waals surface area contributed by atoms with Crippen molar-refractivity contribution >= 4 is 17.3 Å². The fraction of sp³-hybridized carbons (Fsp3) is 0.143. The first-order valence-electron chi connectivity index (χ1n) is 5.71. The first-order chi connectivity index (χ1) is 8.36. The van der Waals surface area contributed by atoms with E-state index in [0.29, 0.717) is 0 Å². The second-order valence-corrected chi connectivity index (χ2v) is 4.47. The van der Waals surface area contributed by atoms with Crippen LogP contribution in [0.3, 0.4) is 0 Å². The van der Waals surface area contributed by atoms with Gasteiger partial charge in [-0.15, -0.1) is 0 Å². The molecule has 3 aliphatic rings. The molecule has 2 unspecified atom stereocenters. The molecule has 17 heavy (non-hydrogen) atoms. The van der Waals surface area contributed by atoms with E-state index < -0.39 is 0 Å². The van der Waals surface area contributed by atoms with Crippen LogP contribution in [-0.4, -0.2) is 17.7 Å². The van der Waals surface area contributed by atoms with Gasteiger partial charge in [-0.25, -0.2) is 0 Å². The monoisotopic (exact) mass is 222 g/mol. The number of hydrogen-bond donors (Lipinski definition) is 0. The topological polar surface area (TPSA) is 32.7 Å². The molecule has 0 saturated heterocycles. The van der Waals surface area contributed by atoms with Gasteiger partial charge in [0.05, 0.1) is 11.8 Å². The molecule has 82 valence electrons. The molecule has 0 bridgehead atoms. The van der Waals surface area contributed by atoms with Crippen LogP contribution in [0.25, 0.3) is 0 Å². The average molecular weight is 222 g/mol. The van der Waals surface area contributed by atoms with Crippen LogP contribution >= 0.6 is 0 Å². The highest BCUT2D eigenvalue weighted by atomic mass is 16.2. The van der Waals surface area contributed by atoms with E-state index in [4.69, 9.17) is 0 Å². The molecular formula is C14H10N2O. The molecule has 0 radical (unpaired) electrons. The highest BCUT2D eigenvalue weighted by molar-refractivity contribution is 6.19. The Kier molecular flexibility index (Phi) is 1.55. The van der Waals surface area contributed by atoms with Gasteiger partial charge >= 0.3 is 0 Å². The third-order valence-electron chi connectivity index (χ3n) is 3.63. The number of fused-ring (bicyclic) bond motifs is 3. The molecule has 0 spiro atoms. The van der Waals surface area contributed by atoms with Gasteiger partial charge in [-0.2, -0.15) is 0 Å². The maximum Gasteiger partial charge on any atom is 0.251 e. The zero-order valence-electron chi connectivity index (χ0n) is 9.08. The van der Waals surface area contributed by atoms with E-state index >= 15 is 0 Å². The molecule has 1 aromatic rings. The summed E-state index contributed by atoms with van der Waals surface area (Å²) in [7, 11) is 0. The van der Waals surface area contributed by atoms with E-state index in [9.17, 15) is 4.79 Å². The molecule has 1 amide bonds. The number of carbonyl (C=O) groups is 1. The summed E-state index contributed by atoms with van der Waals surface area (Å²) in [5, 5.41) is 0. The number of hydrogen-bond acceptors (Lipinski definition) is 2. The molecular weight excluding hydrogens is 212 g/mol. The number of benzene rings is 1. The molecule has 1 aromatic carbocycles. The Morgan fingerprint density at radius 1 is 1.18 bits per heavy atom. The lowest BCUT2D eigenvalue weighted by Gasteiger charge is -2.31. The second-order valence-electron chi connectivity index (χ2n) is 4.47. The Morgan fingerprint density at radius 2 is 2.06 bits per heavy atom. The van der Waals surface area contributed by atoms with Crippen molar-refractivity contribution in [3.63, 3.8) is 0 Å². The van der Waals surface area contributed by atoms with Crippen LogP contribution in [0.1, 0.15) is 11.5 Å². The van der Waals surface area contributed by atoms with Gasteiger partial charge in [-0.3, -0.25) is 14.7 Å². The number of carbonyl (C=O) groups excluding carboxylic acids is 1. The number of para-hydroxylation sites is 1. The molecule has 0 aliphatic carbocycles. The summed E-state index contributed by atoms with van der Waals surface area (Å²) in [5.74, 6) is 0.312. The van der Waals surface area contributed by atoms with Crippen molar-refractivity contribution in [2.75, 3.05) is 4.90 Å². The van der Waals surface area contributed by atoms with Gasteiger partial charge in [0.25, 0.3) is 5.91 Å². The van der Waals surface area contributed by atoms with Gasteiger partial charge in [-0.1, -0.05) is 24.3 Å². The predicted octanol–water partition coefficient (Wildman–Crippen LogP) is 2.02. The normalized spacial score (nSPS) is 27.9. The van der Waals surface area contributed by atoms with Gasteiger partial charge in [-0.05, 0) is 17.7 Å². The Balaban J connectivity index is 2.02. The molecule has 0 fully saturated rings. The number of rotatable bonds is 0. The van der Waals surface area contributed by atoms with Crippen molar-refractivity contribution in [2.45, 2.75) is 12.0 Å². The Bertz CT molecular complexity index is 612. The van der Waals surface area contributed by atoms with Crippen LogP contribution in [0.4, 0.5) is 5.69 Å². The third-order valence-corrected chi connectivity index (χ3v) is 3.63. The highest BCUT2D eigenvalue weighted by Gasteiger charge is 2.44. The van der Waals surface area contributed by atoms with E-state index in [1.54, 1.807) is 6.08 Å². The Hall–Kier alpha value is -2.16. The van der Waals surface area contributed by atoms with Crippen LogP contribution in [-0.2, 0) is 4.79 Å². The lowest BCUT2D eigenvalue weighted by molar-refractivity contribution is -0.114. The third kappa shape index (κ3) is 1.01. The van der Waals surface area contributed by atoms with Crippen molar-refractivity contribution in [3.8, 4) is 0 Å². The highest BCUT2D eigenvalue weighted by Crippen LogP contribution is 2.44.